The molecule has 1 aromatic heterocycles. The van der Waals surface area contributed by atoms with E-state index in [0.29, 0.717) is 13.2 Å². The highest BCUT2D eigenvalue weighted by molar-refractivity contribution is 5.99. The number of nitrogens with zero attached hydrogens (tertiary/aromatic N) is 1. The fourth-order valence-electron chi connectivity index (χ4n) is 5.25. The van der Waals surface area contributed by atoms with E-state index < -0.39 is 0 Å². The Balaban J connectivity index is 1.32. The molecule has 3 aromatic rings. The standard InChI is InChI=1S/C26H31N3O3/c1-3-18-7-8-19(23(11-18)31-2)12-28-24-21-5-4-6-22(20(21)9-10-27-24)29-15-26-13-25(14-26,16-30)17-32-26/h4-11,29-30H,3,12-17H2,1-2H3,(H,27,28). The van der Waals surface area contributed by atoms with Crippen LogP contribution in [0, 0.1) is 5.41 Å². The predicted molar refractivity (Wildman–Crippen MR) is 127 cm³/mol. The van der Waals surface area contributed by atoms with Crippen molar-refractivity contribution in [3.8, 4) is 5.75 Å². The predicted octanol–water partition coefficient (Wildman–Crippen LogP) is 4.37. The number of ether oxygens (including phenoxy) is 2. The summed E-state index contributed by atoms with van der Waals surface area (Å²) in [5.74, 6) is 1.75. The van der Waals surface area contributed by atoms with E-state index in [-0.39, 0.29) is 17.6 Å². The molecule has 0 radical (unpaired) electrons. The van der Waals surface area contributed by atoms with Gasteiger partial charge >= 0.3 is 0 Å². The summed E-state index contributed by atoms with van der Waals surface area (Å²) in [4.78, 5) is 4.60. The first-order valence-corrected chi connectivity index (χ1v) is 11.4. The molecule has 168 valence electrons. The van der Waals surface area contributed by atoms with E-state index in [4.69, 9.17) is 9.47 Å². The minimum Gasteiger partial charge on any atom is -0.496 e. The molecule has 1 saturated carbocycles. The van der Waals surface area contributed by atoms with Crippen molar-refractivity contribution in [1.82, 2.24) is 4.98 Å². The molecular weight excluding hydrogens is 402 g/mol. The van der Waals surface area contributed by atoms with Crippen LogP contribution in [0.25, 0.3) is 10.8 Å². The number of aliphatic hydroxyl groups is 1. The van der Waals surface area contributed by atoms with Gasteiger partial charge in [-0.3, -0.25) is 0 Å². The first kappa shape index (κ1) is 21.0. The summed E-state index contributed by atoms with van der Waals surface area (Å²) >= 11 is 0. The van der Waals surface area contributed by atoms with Crippen LogP contribution in [0.3, 0.4) is 0 Å². The number of methoxy groups -OCH3 is 1. The van der Waals surface area contributed by atoms with Gasteiger partial charge in [0.1, 0.15) is 11.6 Å². The van der Waals surface area contributed by atoms with Gasteiger partial charge in [0.05, 0.1) is 25.9 Å². The van der Waals surface area contributed by atoms with Gasteiger partial charge in [0.25, 0.3) is 0 Å². The molecule has 3 heterocycles. The molecule has 3 fully saturated rings. The Morgan fingerprint density at radius 1 is 1.12 bits per heavy atom. The average molecular weight is 434 g/mol. The molecule has 1 aliphatic carbocycles. The van der Waals surface area contributed by atoms with Gasteiger partial charge in [-0.25, -0.2) is 4.98 Å². The number of rotatable bonds is 9. The molecule has 6 nitrogen and oxygen atoms in total. The van der Waals surface area contributed by atoms with E-state index in [1.54, 1.807) is 7.11 Å². The fourth-order valence-corrected chi connectivity index (χ4v) is 5.25. The summed E-state index contributed by atoms with van der Waals surface area (Å²) in [6.07, 6.45) is 4.69. The molecule has 6 heteroatoms. The van der Waals surface area contributed by atoms with Crippen LogP contribution in [-0.2, 0) is 17.7 Å². The van der Waals surface area contributed by atoms with Crippen molar-refractivity contribution in [3.63, 3.8) is 0 Å². The third kappa shape index (κ3) is 3.67. The zero-order valence-electron chi connectivity index (χ0n) is 18.8. The number of anilines is 2. The normalized spacial score (nSPS) is 23.7. The van der Waals surface area contributed by atoms with Crippen LogP contribution in [0.15, 0.2) is 48.7 Å². The number of aryl methyl sites for hydroxylation is 1. The van der Waals surface area contributed by atoms with Gasteiger partial charge in [-0.1, -0.05) is 31.2 Å². The van der Waals surface area contributed by atoms with Gasteiger partial charge in [-0.15, -0.1) is 0 Å². The number of hydrogen-bond acceptors (Lipinski definition) is 6. The lowest BCUT2D eigenvalue weighted by Gasteiger charge is -2.43. The van der Waals surface area contributed by atoms with Crippen LogP contribution in [0.4, 0.5) is 11.5 Å². The molecule has 6 rings (SSSR count). The number of aromatic nitrogens is 1. The molecule has 2 bridgehead atoms. The Labute approximate surface area is 189 Å². The Hall–Kier alpha value is -2.83. The second kappa shape index (κ2) is 8.26. The molecule has 0 unspecified atom stereocenters. The van der Waals surface area contributed by atoms with Crippen LogP contribution in [-0.4, -0.2) is 42.6 Å². The van der Waals surface area contributed by atoms with Crippen LogP contribution in [0.2, 0.25) is 0 Å². The van der Waals surface area contributed by atoms with E-state index in [1.165, 1.54) is 5.56 Å². The summed E-state index contributed by atoms with van der Waals surface area (Å²) in [7, 11) is 1.71. The van der Waals surface area contributed by atoms with Crippen molar-refractivity contribution in [2.45, 2.75) is 38.3 Å². The molecule has 0 spiro atoms. The summed E-state index contributed by atoms with van der Waals surface area (Å²) in [6.45, 7) is 4.42. The number of aliphatic hydroxyl groups excluding tert-OH is 1. The zero-order valence-corrected chi connectivity index (χ0v) is 18.8. The number of nitrogens with one attached hydrogen (secondary N) is 2. The topological polar surface area (TPSA) is 75.6 Å². The number of benzene rings is 2. The molecule has 2 saturated heterocycles. The monoisotopic (exact) mass is 433 g/mol. The van der Waals surface area contributed by atoms with Crippen molar-refractivity contribution in [2.24, 2.45) is 5.41 Å². The molecule has 3 N–H and O–H groups in total. The zero-order chi connectivity index (χ0) is 22.2. The van der Waals surface area contributed by atoms with Gasteiger partial charge in [0.2, 0.25) is 0 Å². The van der Waals surface area contributed by atoms with Crippen molar-refractivity contribution >= 4 is 22.3 Å². The molecule has 32 heavy (non-hydrogen) atoms. The summed E-state index contributed by atoms with van der Waals surface area (Å²) in [6, 6.07) is 14.7. The van der Waals surface area contributed by atoms with Gasteiger partial charge in [0, 0.05) is 46.7 Å². The van der Waals surface area contributed by atoms with Crippen LogP contribution in [0.5, 0.6) is 5.75 Å². The molecule has 2 aromatic carbocycles. The first-order valence-electron chi connectivity index (χ1n) is 11.4. The smallest absolute Gasteiger partial charge is 0.134 e. The molecule has 3 aliphatic rings. The molecule has 2 aliphatic heterocycles. The lowest BCUT2D eigenvalue weighted by Crippen LogP contribution is -2.50. The second-order valence-corrected chi connectivity index (χ2v) is 9.25. The Kier molecular flexibility index (Phi) is 5.43. The maximum atomic E-state index is 9.60. The largest absolute Gasteiger partial charge is 0.496 e. The van der Waals surface area contributed by atoms with Crippen molar-refractivity contribution in [3.05, 3.63) is 59.8 Å². The van der Waals surface area contributed by atoms with Crippen molar-refractivity contribution in [2.75, 3.05) is 37.5 Å². The number of pyridine rings is 1. The van der Waals surface area contributed by atoms with E-state index in [0.717, 1.165) is 59.4 Å². The van der Waals surface area contributed by atoms with Crippen LogP contribution < -0.4 is 15.4 Å². The third-order valence-electron chi connectivity index (χ3n) is 7.03. The first-order chi connectivity index (χ1) is 15.6. The van der Waals surface area contributed by atoms with E-state index in [2.05, 4.69) is 58.9 Å². The Morgan fingerprint density at radius 2 is 2.00 bits per heavy atom. The van der Waals surface area contributed by atoms with E-state index in [9.17, 15) is 5.11 Å². The fraction of sp³-hybridized carbons (Fsp3) is 0.423. The minimum atomic E-state index is -0.139. The lowest BCUT2D eigenvalue weighted by molar-refractivity contribution is -0.0167. The lowest BCUT2D eigenvalue weighted by atomic mass is 9.63. The number of hydrogen-bond donors (Lipinski definition) is 3. The van der Waals surface area contributed by atoms with E-state index in [1.807, 2.05) is 12.3 Å². The highest BCUT2D eigenvalue weighted by Gasteiger charge is 2.61. The molecule has 0 atom stereocenters. The van der Waals surface area contributed by atoms with Crippen LogP contribution in [0.1, 0.15) is 30.9 Å². The quantitative estimate of drug-likeness (QED) is 0.465. The highest BCUT2D eigenvalue weighted by Crippen LogP contribution is 2.57. The second-order valence-electron chi connectivity index (χ2n) is 9.25. The average Bonchev–Trinajstić information content (AvgIpc) is 3.37. The van der Waals surface area contributed by atoms with E-state index >= 15 is 0 Å². The maximum Gasteiger partial charge on any atom is 0.134 e. The van der Waals surface area contributed by atoms with Crippen molar-refractivity contribution < 1.29 is 14.6 Å². The highest BCUT2D eigenvalue weighted by atomic mass is 16.5. The van der Waals surface area contributed by atoms with Gasteiger partial charge in [-0.2, -0.15) is 0 Å². The molecular formula is C26H31N3O3. The Morgan fingerprint density at radius 3 is 2.75 bits per heavy atom. The third-order valence-corrected chi connectivity index (χ3v) is 7.03. The van der Waals surface area contributed by atoms with Crippen molar-refractivity contribution in [1.29, 1.82) is 0 Å². The van der Waals surface area contributed by atoms with Crippen LogP contribution >= 0.6 is 0 Å². The van der Waals surface area contributed by atoms with Gasteiger partial charge in [0.15, 0.2) is 0 Å². The van der Waals surface area contributed by atoms with Gasteiger partial charge in [-0.05, 0) is 43.0 Å². The molecule has 0 amide bonds. The summed E-state index contributed by atoms with van der Waals surface area (Å²) in [5.41, 5.74) is 3.30. The van der Waals surface area contributed by atoms with Gasteiger partial charge < -0.3 is 25.2 Å². The maximum absolute atomic E-state index is 9.60. The number of fused-ring (bicyclic) bond motifs is 2. The summed E-state index contributed by atoms with van der Waals surface area (Å²) in [5, 5.41) is 18.9. The summed E-state index contributed by atoms with van der Waals surface area (Å²) < 4.78 is 11.6. The SMILES string of the molecule is CCc1ccc(CNc2nccc3c(NCC45CC(CO)(CO4)C5)cccc23)c(OC)c1. The minimum absolute atomic E-state index is 0.00215. The Bertz CT molecular complexity index is 1120.